The zero-order valence-corrected chi connectivity index (χ0v) is 20.5. The van der Waals surface area contributed by atoms with E-state index in [1.165, 1.54) is 12.1 Å². The van der Waals surface area contributed by atoms with Crippen molar-refractivity contribution in [2.24, 2.45) is 0 Å². The van der Waals surface area contributed by atoms with Crippen molar-refractivity contribution >= 4 is 11.6 Å². The third-order valence-electron chi connectivity index (χ3n) is 7.77. The van der Waals surface area contributed by atoms with E-state index in [9.17, 15) is 14.3 Å². The first-order chi connectivity index (χ1) is 18.1. The molecule has 0 saturated heterocycles. The van der Waals surface area contributed by atoms with Crippen LogP contribution in [0.4, 0.5) is 10.1 Å². The maximum Gasteiger partial charge on any atom is 0.269 e. The van der Waals surface area contributed by atoms with Gasteiger partial charge in [-0.25, -0.2) is 4.39 Å². The highest BCUT2D eigenvalue weighted by atomic mass is 19.1. The molecule has 1 N–H and O–H groups in total. The van der Waals surface area contributed by atoms with Crippen molar-refractivity contribution in [3.05, 3.63) is 149 Å². The third kappa shape index (κ3) is 3.47. The third-order valence-corrected chi connectivity index (χ3v) is 7.77. The Morgan fingerprint density at radius 2 is 1.30 bits per heavy atom. The van der Waals surface area contributed by atoms with Gasteiger partial charge < -0.3 is 5.11 Å². The van der Waals surface area contributed by atoms with Gasteiger partial charge in [0.2, 0.25) is 0 Å². The molecule has 1 aliphatic carbocycles. The lowest BCUT2D eigenvalue weighted by molar-refractivity contribution is -0.133. The molecule has 1 heterocycles. The minimum Gasteiger partial charge on any atom is -0.372 e. The number of amides is 1. The summed E-state index contributed by atoms with van der Waals surface area (Å²) < 4.78 is 14.7. The number of fused-ring (bicyclic) bond motifs is 1. The Hall–Kier alpha value is -4.02. The van der Waals surface area contributed by atoms with E-state index in [-0.39, 0.29) is 0 Å². The molecule has 0 saturated carbocycles. The normalized spacial score (nSPS) is 19.5. The van der Waals surface area contributed by atoms with Crippen molar-refractivity contribution in [2.75, 3.05) is 4.90 Å². The van der Waals surface area contributed by atoms with Crippen molar-refractivity contribution in [2.45, 2.75) is 36.8 Å². The summed E-state index contributed by atoms with van der Waals surface area (Å²) in [5, 5.41) is 12.3. The summed E-state index contributed by atoms with van der Waals surface area (Å²) in [5.74, 6) is -0.939. The molecule has 0 unspecified atom stereocenters. The van der Waals surface area contributed by atoms with Crippen LogP contribution in [0, 0.1) is 5.82 Å². The van der Waals surface area contributed by atoms with Gasteiger partial charge >= 0.3 is 0 Å². The minimum absolute atomic E-state index is 0.304. The predicted molar refractivity (Wildman–Crippen MR) is 144 cm³/mol. The van der Waals surface area contributed by atoms with Crippen molar-refractivity contribution in [3.63, 3.8) is 0 Å². The van der Waals surface area contributed by atoms with Crippen LogP contribution >= 0.6 is 0 Å². The van der Waals surface area contributed by atoms with Gasteiger partial charge in [0, 0.05) is 5.56 Å². The molecule has 4 aromatic carbocycles. The molecule has 0 spiro atoms. The standard InChI is InChI=1S/C33H28FNO2/c34-28-21-22-30-29(23-28)33(37,27-19-11-4-12-20-27)31(36)35(30)32(24-13-5-1-6-14-24,25-15-7-2-8-16-25)26-17-9-3-10-18-26/h1-3,5-10,13-19,21-23,37H,4,11-12,20H2/t33-/m1/s1. The number of allylic oxidation sites excluding steroid dienone is 1. The molecule has 0 radical (unpaired) electrons. The molecule has 184 valence electrons. The van der Waals surface area contributed by atoms with Crippen LogP contribution in [-0.4, -0.2) is 11.0 Å². The van der Waals surface area contributed by atoms with Gasteiger partial charge in [0.25, 0.3) is 5.91 Å². The molecular weight excluding hydrogens is 461 g/mol. The molecule has 37 heavy (non-hydrogen) atoms. The van der Waals surface area contributed by atoms with Gasteiger partial charge in [0.05, 0.1) is 5.69 Å². The van der Waals surface area contributed by atoms with E-state index in [0.29, 0.717) is 23.2 Å². The number of benzene rings is 4. The molecule has 0 fully saturated rings. The fourth-order valence-electron chi connectivity index (χ4n) is 6.11. The lowest BCUT2D eigenvalue weighted by atomic mass is 9.75. The van der Waals surface area contributed by atoms with E-state index in [1.807, 2.05) is 97.1 Å². The molecule has 6 rings (SSSR count). The smallest absolute Gasteiger partial charge is 0.269 e. The number of nitrogens with zero attached hydrogens (tertiary/aromatic N) is 1. The first-order valence-electron chi connectivity index (χ1n) is 12.8. The highest BCUT2D eigenvalue weighted by molar-refractivity contribution is 6.11. The molecule has 0 aromatic heterocycles. The number of carbonyl (C=O) groups is 1. The summed E-state index contributed by atoms with van der Waals surface area (Å²) in [6, 6.07) is 34.0. The molecule has 4 heteroatoms. The Morgan fingerprint density at radius 1 is 0.757 bits per heavy atom. The van der Waals surface area contributed by atoms with Gasteiger partial charge in [-0.05, 0) is 66.1 Å². The van der Waals surface area contributed by atoms with Crippen LogP contribution in [0.3, 0.4) is 0 Å². The van der Waals surface area contributed by atoms with Crippen molar-refractivity contribution in [1.29, 1.82) is 0 Å². The summed E-state index contributed by atoms with van der Waals surface area (Å²) in [6.07, 6.45) is 5.25. The first kappa shape index (κ1) is 23.4. The van der Waals surface area contributed by atoms with Crippen molar-refractivity contribution < 1.29 is 14.3 Å². The van der Waals surface area contributed by atoms with Crippen LogP contribution < -0.4 is 4.90 Å². The van der Waals surface area contributed by atoms with Gasteiger partial charge in [-0.2, -0.15) is 0 Å². The van der Waals surface area contributed by atoms with Crippen molar-refractivity contribution in [3.8, 4) is 0 Å². The van der Waals surface area contributed by atoms with Crippen LogP contribution in [0.2, 0.25) is 0 Å². The fraction of sp³-hybridized carbons (Fsp3) is 0.182. The Labute approximate surface area is 216 Å². The Morgan fingerprint density at radius 3 is 1.78 bits per heavy atom. The summed E-state index contributed by atoms with van der Waals surface area (Å²) in [7, 11) is 0. The molecule has 1 amide bonds. The van der Waals surface area contributed by atoms with Gasteiger partial charge in [-0.1, -0.05) is 97.1 Å². The topological polar surface area (TPSA) is 40.5 Å². The highest BCUT2D eigenvalue weighted by Crippen LogP contribution is 2.55. The van der Waals surface area contributed by atoms with E-state index < -0.39 is 22.9 Å². The zero-order valence-electron chi connectivity index (χ0n) is 20.5. The maximum absolute atomic E-state index is 14.8. The van der Waals surface area contributed by atoms with Crippen LogP contribution in [0.5, 0.6) is 0 Å². The lowest BCUT2D eigenvalue weighted by Crippen LogP contribution is -2.54. The predicted octanol–water partition coefficient (Wildman–Crippen LogP) is 6.85. The second kappa shape index (κ2) is 9.13. The molecular formula is C33H28FNO2. The van der Waals surface area contributed by atoms with Gasteiger partial charge in [0.1, 0.15) is 11.4 Å². The molecule has 1 aliphatic heterocycles. The zero-order chi connectivity index (χ0) is 25.5. The van der Waals surface area contributed by atoms with Crippen LogP contribution in [0.1, 0.15) is 47.9 Å². The quantitative estimate of drug-likeness (QED) is 0.246. The largest absolute Gasteiger partial charge is 0.372 e. The number of rotatable bonds is 5. The summed E-state index contributed by atoms with van der Waals surface area (Å²) in [6.45, 7) is 0. The molecule has 1 atom stereocenters. The minimum atomic E-state index is -1.93. The van der Waals surface area contributed by atoms with Crippen LogP contribution in [0.25, 0.3) is 0 Å². The second-order valence-electron chi connectivity index (χ2n) is 9.80. The van der Waals surface area contributed by atoms with Gasteiger partial charge in [0.15, 0.2) is 5.60 Å². The summed E-state index contributed by atoms with van der Waals surface area (Å²) in [4.78, 5) is 16.5. The Balaban J connectivity index is 1.73. The number of aliphatic hydroxyl groups is 1. The Kier molecular flexibility index (Phi) is 5.77. The van der Waals surface area contributed by atoms with E-state index in [4.69, 9.17) is 0 Å². The van der Waals surface area contributed by atoms with Crippen LogP contribution in [-0.2, 0) is 15.9 Å². The number of anilines is 1. The average molecular weight is 490 g/mol. The number of halogens is 1. The monoisotopic (exact) mass is 489 g/mol. The summed E-state index contributed by atoms with van der Waals surface area (Å²) >= 11 is 0. The van der Waals surface area contributed by atoms with Crippen LogP contribution in [0.15, 0.2) is 121 Å². The van der Waals surface area contributed by atoms with Gasteiger partial charge in [-0.3, -0.25) is 9.69 Å². The molecule has 0 bridgehead atoms. The first-order valence-corrected chi connectivity index (χ1v) is 12.8. The fourth-order valence-corrected chi connectivity index (χ4v) is 6.11. The second-order valence-corrected chi connectivity index (χ2v) is 9.80. The maximum atomic E-state index is 14.8. The van der Waals surface area contributed by atoms with E-state index in [2.05, 4.69) is 0 Å². The molecule has 3 nitrogen and oxygen atoms in total. The molecule has 2 aliphatic rings. The highest BCUT2D eigenvalue weighted by Gasteiger charge is 2.59. The Bertz CT molecular complexity index is 1370. The number of carbonyl (C=O) groups excluding carboxylic acids is 1. The van der Waals surface area contributed by atoms with E-state index in [0.717, 1.165) is 36.0 Å². The van der Waals surface area contributed by atoms with Crippen molar-refractivity contribution in [1.82, 2.24) is 0 Å². The lowest BCUT2D eigenvalue weighted by Gasteiger charge is -2.44. The van der Waals surface area contributed by atoms with E-state index in [1.54, 1.807) is 11.0 Å². The SMILES string of the molecule is O=C1N(C(c2ccccc2)(c2ccccc2)c2ccccc2)c2ccc(F)cc2[C@]1(O)C1=CCCCC1. The number of hydrogen-bond donors (Lipinski definition) is 1. The van der Waals surface area contributed by atoms with Gasteiger partial charge in [-0.15, -0.1) is 0 Å². The van der Waals surface area contributed by atoms with E-state index >= 15 is 0 Å². The average Bonchev–Trinajstić information content (AvgIpc) is 3.19. The molecule has 4 aromatic rings. The summed E-state index contributed by atoms with van der Waals surface area (Å²) in [5.41, 5.74) is 1.05. The number of hydrogen-bond acceptors (Lipinski definition) is 2.